The van der Waals surface area contributed by atoms with Crippen LogP contribution in [0.2, 0.25) is 0 Å². The lowest BCUT2D eigenvalue weighted by Crippen LogP contribution is -2.46. The van der Waals surface area contributed by atoms with Gasteiger partial charge in [-0.2, -0.15) is 0 Å². The van der Waals surface area contributed by atoms with Crippen molar-refractivity contribution in [2.75, 3.05) is 19.6 Å². The second-order valence-electron chi connectivity index (χ2n) is 6.78. The van der Waals surface area contributed by atoms with Gasteiger partial charge >= 0.3 is 5.97 Å². The molecule has 20 heavy (non-hydrogen) atoms. The minimum Gasteiger partial charge on any atom is -0.481 e. The average molecular weight is 283 g/mol. The zero-order valence-electron chi connectivity index (χ0n) is 13.8. The second kappa shape index (κ2) is 8.02. The van der Waals surface area contributed by atoms with Crippen LogP contribution >= 0.6 is 0 Å². The van der Waals surface area contributed by atoms with Gasteiger partial charge in [0, 0.05) is 13.1 Å². The third kappa shape index (κ3) is 4.47. The minimum atomic E-state index is -0.576. The SMILES string of the molecule is CCC(CC)CN(CC)CC1(C(=O)O)CCC(C)CC1. The summed E-state index contributed by atoms with van der Waals surface area (Å²) in [5.41, 5.74) is -0.492. The van der Waals surface area contributed by atoms with Gasteiger partial charge in [0.25, 0.3) is 0 Å². The number of hydrogen-bond acceptors (Lipinski definition) is 2. The predicted octanol–water partition coefficient (Wildman–Crippen LogP) is 4.03. The summed E-state index contributed by atoms with van der Waals surface area (Å²) in [5.74, 6) is 0.812. The number of rotatable bonds is 8. The summed E-state index contributed by atoms with van der Waals surface area (Å²) in [6, 6.07) is 0. The van der Waals surface area contributed by atoms with Crippen LogP contribution in [0.15, 0.2) is 0 Å². The van der Waals surface area contributed by atoms with Crippen LogP contribution in [-0.2, 0) is 4.79 Å². The molecule has 0 heterocycles. The number of carboxylic acids is 1. The molecule has 1 fully saturated rings. The van der Waals surface area contributed by atoms with Crippen LogP contribution in [0.4, 0.5) is 0 Å². The Morgan fingerprint density at radius 2 is 1.80 bits per heavy atom. The molecule has 1 aliphatic carbocycles. The zero-order chi connectivity index (χ0) is 15.2. The first-order valence-electron chi connectivity index (χ1n) is 8.43. The van der Waals surface area contributed by atoms with Crippen LogP contribution in [0.1, 0.15) is 66.2 Å². The van der Waals surface area contributed by atoms with E-state index in [0.29, 0.717) is 11.8 Å². The maximum Gasteiger partial charge on any atom is 0.310 e. The molecule has 0 atom stereocenters. The highest BCUT2D eigenvalue weighted by Crippen LogP contribution is 2.40. The molecule has 1 aliphatic rings. The molecule has 0 amide bonds. The normalized spacial score (nSPS) is 27.2. The molecule has 0 spiro atoms. The van der Waals surface area contributed by atoms with Crippen molar-refractivity contribution in [2.24, 2.45) is 17.3 Å². The quantitative estimate of drug-likeness (QED) is 0.731. The van der Waals surface area contributed by atoms with E-state index in [2.05, 4.69) is 32.6 Å². The maximum absolute atomic E-state index is 11.8. The first-order valence-corrected chi connectivity index (χ1v) is 8.43. The molecule has 0 aromatic rings. The molecular weight excluding hydrogens is 250 g/mol. The highest BCUT2D eigenvalue weighted by molar-refractivity contribution is 5.75. The first-order chi connectivity index (χ1) is 9.47. The average Bonchev–Trinajstić information content (AvgIpc) is 2.45. The number of nitrogens with zero attached hydrogens (tertiary/aromatic N) is 1. The molecule has 1 saturated carbocycles. The van der Waals surface area contributed by atoms with Gasteiger partial charge in [-0.1, -0.05) is 40.5 Å². The molecule has 3 heteroatoms. The Morgan fingerprint density at radius 3 is 2.20 bits per heavy atom. The Kier molecular flexibility index (Phi) is 7.01. The Labute approximate surface area is 124 Å². The molecule has 0 radical (unpaired) electrons. The fourth-order valence-corrected chi connectivity index (χ4v) is 3.40. The smallest absolute Gasteiger partial charge is 0.310 e. The Balaban J connectivity index is 2.70. The van der Waals surface area contributed by atoms with E-state index in [4.69, 9.17) is 0 Å². The number of carboxylic acid groups (broad SMARTS) is 1. The van der Waals surface area contributed by atoms with E-state index >= 15 is 0 Å². The molecule has 0 unspecified atom stereocenters. The van der Waals surface area contributed by atoms with E-state index in [9.17, 15) is 9.90 Å². The summed E-state index contributed by atoms with van der Waals surface area (Å²) in [6.45, 7) is 11.6. The molecule has 1 N–H and O–H groups in total. The minimum absolute atomic E-state index is 0.492. The first kappa shape index (κ1) is 17.5. The molecule has 0 saturated heterocycles. The summed E-state index contributed by atoms with van der Waals surface area (Å²) in [6.07, 6.45) is 6.20. The van der Waals surface area contributed by atoms with Crippen LogP contribution in [-0.4, -0.2) is 35.6 Å². The lowest BCUT2D eigenvalue weighted by Gasteiger charge is -2.40. The summed E-state index contributed by atoms with van der Waals surface area (Å²) < 4.78 is 0. The molecule has 118 valence electrons. The lowest BCUT2D eigenvalue weighted by molar-refractivity contribution is -0.153. The van der Waals surface area contributed by atoms with E-state index in [1.165, 1.54) is 12.8 Å². The van der Waals surface area contributed by atoms with Crippen molar-refractivity contribution < 1.29 is 9.90 Å². The lowest BCUT2D eigenvalue weighted by atomic mass is 9.70. The fraction of sp³-hybridized carbons (Fsp3) is 0.941. The monoisotopic (exact) mass is 283 g/mol. The standard InChI is InChI=1S/C17H33NO2/c1-5-15(6-2)12-18(7-3)13-17(16(19)20)10-8-14(4)9-11-17/h14-15H,5-13H2,1-4H3,(H,19,20). The highest BCUT2D eigenvalue weighted by atomic mass is 16.4. The summed E-state index contributed by atoms with van der Waals surface area (Å²) in [5, 5.41) is 9.74. The summed E-state index contributed by atoms with van der Waals surface area (Å²) in [4.78, 5) is 14.2. The van der Waals surface area contributed by atoms with Gasteiger partial charge in [0.05, 0.1) is 5.41 Å². The molecule has 1 rings (SSSR count). The van der Waals surface area contributed by atoms with E-state index in [-0.39, 0.29) is 0 Å². The predicted molar refractivity (Wildman–Crippen MR) is 83.9 cm³/mol. The molecular formula is C17H33NO2. The van der Waals surface area contributed by atoms with Crippen molar-refractivity contribution in [3.8, 4) is 0 Å². The van der Waals surface area contributed by atoms with Crippen LogP contribution in [0.3, 0.4) is 0 Å². The van der Waals surface area contributed by atoms with E-state index in [1.807, 2.05) is 0 Å². The van der Waals surface area contributed by atoms with E-state index in [1.54, 1.807) is 0 Å². The molecule has 3 nitrogen and oxygen atoms in total. The number of aliphatic carboxylic acids is 1. The van der Waals surface area contributed by atoms with Gasteiger partial charge in [-0.25, -0.2) is 0 Å². The van der Waals surface area contributed by atoms with Crippen molar-refractivity contribution in [3.63, 3.8) is 0 Å². The molecule has 0 aromatic carbocycles. The van der Waals surface area contributed by atoms with E-state index in [0.717, 1.165) is 45.3 Å². The van der Waals surface area contributed by atoms with E-state index < -0.39 is 11.4 Å². The van der Waals surface area contributed by atoms with Gasteiger partial charge in [0.1, 0.15) is 0 Å². The Morgan fingerprint density at radius 1 is 1.25 bits per heavy atom. The maximum atomic E-state index is 11.8. The number of hydrogen-bond donors (Lipinski definition) is 1. The topological polar surface area (TPSA) is 40.5 Å². The fourth-order valence-electron chi connectivity index (χ4n) is 3.40. The molecule has 0 aromatic heterocycles. The highest BCUT2D eigenvalue weighted by Gasteiger charge is 2.42. The van der Waals surface area contributed by atoms with Gasteiger partial charge in [-0.05, 0) is 44.1 Å². The van der Waals surface area contributed by atoms with Gasteiger partial charge < -0.3 is 10.0 Å². The van der Waals surface area contributed by atoms with Crippen molar-refractivity contribution >= 4 is 5.97 Å². The van der Waals surface area contributed by atoms with Crippen molar-refractivity contribution in [1.29, 1.82) is 0 Å². The van der Waals surface area contributed by atoms with Crippen LogP contribution in [0, 0.1) is 17.3 Å². The van der Waals surface area contributed by atoms with Gasteiger partial charge in [-0.3, -0.25) is 4.79 Å². The third-order valence-corrected chi connectivity index (χ3v) is 5.33. The largest absolute Gasteiger partial charge is 0.481 e. The van der Waals surface area contributed by atoms with Gasteiger partial charge in [0.15, 0.2) is 0 Å². The molecule has 0 bridgehead atoms. The zero-order valence-corrected chi connectivity index (χ0v) is 13.8. The summed E-state index contributed by atoms with van der Waals surface area (Å²) in [7, 11) is 0. The number of carbonyl (C=O) groups is 1. The van der Waals surface area contributed by atoms with Crippen LogP contribution in [0.25, 0.3) is 0 Å². The van der Waals surface area contributed by atoms with Gasteiger partial charge in [0.2, 0.25) is 0 Å². The third-order valence-electron chi connectivity index (χ3n) is 5.33. The Bertz CT molecular complexity index is 291. The van der Waals surface area contributed by atoms with Crippen molar-refractivity contribution in [2.45, 2.75) is 66.2 Å². The van der Waals surface area contributed by atoms with Crippen molar-refractivity contribution in [3.05, 3.63) is 0 Å². The van der Waals surface area contributed by atoms with Gasteiger partial charge in [-0.15, -0.1) is 0 Å². The van der Waals surface area contributed by atoms with Crippen LogP contribution in [0.5, 0.6) is 0 Å². The van der Waals surface area contributed by atoms with Crippen LogP contribution < -0.4 is 0 Å². The second-order valence-corrected chi connectivity index (χ2v) is 6.78. The van der Waals surface area contributed by atoms with Crippen molar-refractivity contribution in [1.82, 2.24) is 4.90 Å². The summed E-state index contributed by atoms with van der Waals surface area (Å²) >= 11 is 0. The molecule has 0 aliphatic heterocycles. The Hall–Kier alpha value is -0.570.